The maximum absolute atomic E-state index is 12.0. The number of ether oxygens (including phenoxy) is 1. The Bertz CT molecular complexity index is 516. The lowest BCUT2D eigenvalue weighted by Crippen LogP contribution is -2.37. The maximum Gasteiger partial charge on any atom is 0.333 e. The number of allylic oxidation sites excluding steroid dienone is 1. The highest BCUT2D eigenvalue weighted by atomic mass is 16.5. The summed E-state index contributed by atoms with van der Waals surface area (Å²) in [6.07, 6.45) is 4.67. The first-order valence-electron chi connectivity index (χ1n) is 8.24. The molecule has 0 heterocycles. The SMILES string of the molecule is C=C(C)C(=O)OC1CC(C)C23CCC(=C)C(C2)C(C)(C)C13. The molecular formula is C19H28O2. The summed E-state index contributed by atoms with van der Waals surface area (Å²) in [5, 5.41) is 0. The lowest BCUT2D eigenvalue weighted by atomic mass is 9.67. The first-order valence-corrected chi connectivity index (χ1v) is 8.24. The van der Waals surface area contributed by atoms with E-state index >= 15 is 0 Å². The standard InChI is InChI=1S/C19H28O2/c1-11(2)17(20)21-15-9-13(4)19-8-7-12(3)14(10-19)18(5,6)16(15)19/h13-16H,1,3,7-10H2,2,4-6H3. The van der Waals surface area contributed by atoms with Crippen LogP contribution in [0.2, 0.25) is 0 Å². The summed E-state index contributed by atoms with van der Waals surface area (Å²) >= 11 is 0. The molecule has 0 aromatic rings. The van der Waals surface area contributed by atoms with Crippen LogP contribution < -0.4 is 0 Å². The minimum atomic E-state index is -0.222. The van der Waals surface area contributed by atoms with Crippen molar-refractivity contribution < 1.29 is 9.53 Å². The van der Waals surface area contributed by atoms with Crippen molar-refractivity contribution in [2.75, 3.05) is 0 Å². The third kappa shape index (κ3) is 1.87. The first-order chi connectivity index (χ1) is 9.70. The topological polar surface area (TPSA) is 26.3 Å². The fraction of sp³-hybridized carbons (Fsp3) is 0.737. The van der Waals surface area contributed by atoms with Gasteiger partial charge in [-0.05, 0) is 55.3 Å². The van der Waals surface area contributed by atoms with Crippen LogP contribution in [0.1, 0.15) is 53.4 Å². The van der Waals surface area contributed by atoms with Gasteiger partial charge in [0.25, 0.3) is 0 Å². The molecule has 3 fully saturated rings. The van der Waals surface area contributed by atoms with E-state index < -0.39 is 0 Å². The second-order valence-corrected chi connectivity index (χ2v) is 8.31. The second kappa shape index (κ2) is 4.47. The number of carbonyl (C=O) groups is 1. The van der Waals surface area contributed by atoms with Crippen LogP contribution in [0.5, 0.6) is 0 Å². The van der Waals surface area contributed by atoms with Crippen LogP contribution in [0.3, 0.4) is 0 Å². The minimum Gasteiger partial charge on any atom is -0.459 e. The van der Waals surface area contributed by atoms with Crippen LogP contribution >= 0.6 is 0 Å². The number of esters is 1. The summed E-state index contributed by atoms with van der Waals surface area (Å²) < 4.78 is 5.86. The largest absolute Gasteiger partial charge is 0.459 e. The molecule has 3 aliphatic rings. The molecule has 3 rings (SSSR count). The Morgan fingerprint density at radius 1 is 1.38 bits per heavy atom. The van der Waals surface area contributed by atoms with Gasteiger partial charge in [-0.25, -0.2) is 4.79 Å². The Morgan fingerprint density at radius 3 is 2.67 bits per heavy atom. The van der Waals surface area contributed by atoms with E-state index in [9.17, 15) is 4.79 Å². The summed E-state index contributed by atoms with van der Waals surface area (Å²) in [5.41, 5.74) is 2.46. The molecule has 2 bridgehead atoms. The molecule has 0 N–H and O–H groups in total. The molecule has 0 amide bonds. The Kier molecular flexibility index (Phi) is 3.17. The van der Waals surface area contributed by atoms with E-state index in [4.69, 9.17) is 4.74 Å². The molecule has 116 valence electrons. The Hall–Kier alpha value is -1.05. The van der Waals surface area contributed by atoms with E-state index in [1.54, 1.807) is 6.92 Å². The fourth-order valence-electron chi connectivity index (χ4n) is 5.90. The zero-order chi connectivity index (χ0) is 15.6. The normalized spacial score (nSPS) is 43.5. The van der Waals surface area contributed by atoms with Gasteiger partial charge in [-0.1, -0.05) is 39.5 Å². The Labute approximate surface area is 128 Å². The van der Waals surface area contributed by atoms with Crippen LogP contribution in [0.25, 0.3) is 0 Å². The van der Waals surface area contributed by atoms with Crippen molar-refractivity contribution in [3.63, 3.8) is 0 Å². The number of hydrogen-bond acceptors (Lipinski definition) is 2. The van der Waals surface area contributed by atoms with E-state index in [1.165, 1.54) is 18.4 Å². The molecule has 0 aliphatic heterocycles. The highest BCUT2D eigenvalue weighted by molar-refractivity contribution is 5.87. The van der Waals surface area contributed by atoms with E-state index in [1.807, 2.05) is 0 Å². The molecule has 2 nitrogen and oxygen atoms in total. The van der Waals surface area contributed by atoms with Gasteiger partial charge < -0.3 is 4.74 Å². The predicted molar refractivity (Wildman–Crippen MR) is 84.7 cm³/mol. The molecule has 5 unspecified atom stereocenters. The number of rotatable bonds is 2. The van der Waals surface area contributed by atoms with E-state index in [0.717, 1.165) is 12.8 Å². The summed E-state index contributed by atoms with van der Waals surface area (Å²) in [6, 6.07) is 0. The molecule has 3 aliphatic carbocycles. The quantitative estimate of drug-likeness (QED) is 0.424. The molecule has 5 atom stereocenters. The molecule has 0 aromatic heterocycles. The third-order valence-corrected chi connectivity index (χ3v) is 6.85. The van der Waals surface area contributed by atoms with Crippen molar-refractivity contribution in [1.29, 1.82) is 0 Å². The summed E-state index contributed by atoms with van der Waals surface area (Å²) in [6.45, 7) is 16.9. The van der Waals surface area contributed by atoms with Gasteiger partial charge in [-0.3, -0.25) is 0 Å². The van der Waals surface area contributed by atoms with Crippen LogP contribution in [0.4, 0.5) is 0 Å². The third-order valence-electron chi connectivity index (χ3n) is 6.85. The maximum atomic E-state index is 12.0. The molecule has 21 heavy (non-hydrogen) atoms. The van der Waals surface area contributed by atoms with Gasteiger partial charge in [0.2, 0.25) is 0 Å². The predicted octanol–water partition coefficient (Wildman–Crippen LogP) is 4.51. The fourth-order valence-corrected chi connectivity index (χ4v) is 5.90. The van der Waals surface area contributed by atoms with Crippen molar-refractivity contribution in [1.82, 2.24) is 0 Å². The number of hydrogen-bond donors (Lipinski definition) is 0. The van der Waals surface area contributed by atoms with E-state index in [-0.39, 0.29) is 17.5 Å². The average molecular weight is 288 g/mol. The van der Waals surface area contributed by atoms with Crippen LogP contribution in [-0.4, -0.2) is 12.1 Å². The number of fused-ring (bicyclic) bond motifs is 1. The lowest BCUT2D eigenvalue weighted by Gasteiger charge is -2.38. The molecule has 0 radical (unpaired) electrons. The highest BCUT2D eigenvalue weighted by Crippen LogP contribution is 2.72. The second-order valence-electron chi connectivity index (χ2n) is 8.31. The highest BCUT2D eigenvalue weighted by Gasteiger charge is 2.68. The first kappa shape index (κ1) is 14.9. The summed E-state index contributed by atoms with van der Waals surface area (Å²) in [7, 11) is 0. The van der Waals surface area contributed by atoms with Crippen molar-refractivity contribution in [3.05, 3.63) is 24.3 Å². The Morgan fingerprint density at radius 2 is 2.05 bits per heavy atom. The molecular weight excluding hydrogens is 260 g/mol. The molecule has 1 spiro atoms. The van der Waals surface area contributed by atoms with Gasteiger partial charge in [-0.15, -0.1) is 0 Å². The van der Waals surface area contributed by atoms with Gasteiger partial charge in [0.05, 0.1) is 0 Å². The molecule has 0 saturated heterocycles. The molecule has 3 saturated carbocycles. The molecule has 0 aromatic carbocycles. The van der Waals surface area contributed by atoms with Crippen LogP contribution in [-0.2, 0) is 9.53 Å². The summed E-state index contributed by atoms with van der Waals surface area (Å²) in [5.74, 6) is 1.46. The lowest BCUT2D eigenvalue weighted by molar-refractivity contribution is -0.148. The van der Waals surface area contributed by atoms with Gasteiger partial charge >= 0.3 is 5.97 Å². The smallest absolute Gasteiger partial charge is 0.333 e. The molecule has 2 heteroatoms. The Balaban J connectivity index is 1.96. The van der Waals surface area contributed by atoms with Gasteiger partial charge in [0.15, 0.2) is 0 Å². The van der Waals surface area contributed by atoms with Crippen molar-refractivity contribution >= 4 is 5.97 Å². The summed E-state index contributed by atoms with van der Waals surface area (Å²) in [4.78, 5) is 12.0. The van der Waals surface area contributed by atoms with Crippen molar-refractivity contribution in [3.8, 4) is 0 Å². The van der Waals surface area contributed by atoms with Crippen LogP contribution in [0, 0.1) is 28.6 Å². The van der Waals surface area contributed by atoms with Crippen molar-refractivity contribution in [2.45, 2.75) is 59.5 Å². The van der Waals surface area contributed by atoms with E-state index in [2.05, 4.69) is 33.9 Å². The van der Waals surface area contributed by atoms with Gasteiger partial charge in [0, 0.05) is 11.5 Å². The zero-order valence-electron chi connectivity index (χ0n) is 13.9. The minimum absolute atomic E-state index is 0.0510. The van der Waals surface area contributed by atoms with Crippen molar-refractivity contribution in [2.24, 2.45) is 28.6 Å². The van der Waals surface area contributed by atoms with Gasteiger partial charge in [0.1, 0.15) is 6.10 Å². The van der Waals surface area contributed by atoms with Crippen LogP contribution in [0.15, 0.2) is 24.3 Å². The van der Waals surface area contributed by atoms with E-state index in [0.29, 0.717) is 28.7 Å². The number of carbonyl (C=O) groups excluding carboxylic acids is 1. The monoisotopic (exact) mass is 288 g/mol. The average Bonchev–Trinajstić information content (AvgIpc) is 2.76. The van der Waals surface area contributed by atoms with Gasteiger partial charge in [-0.2, -0.15) is 0 Å². The zero-order valence-corrected chi connectivity index (χ0v) is 13.9.